The predicted molar refractivity (Wildman–Crippen MR) is 51.6 cm³/mol. The van der Waals surface area contributed by atoms with Crippen molar-refractivity contribution in [3.63, 3.8) is 0 Å². The molecule has 0 amide bonds. The standard InChI is InChI=1S/C11H11FO2/c1-7(13)5-8-6-14-10-4-2-3-9(12)11(8)10/h2-4,6-7,13H,5H2,1H3. The van der Waals surface area contributed by atoms with E-state index in [0.29, 0.717) is 23.0 Å². The van der Waals surface area contributed by atoms with Gasteiger partial charge in [-0.1, -0.05) is 6.07 Å². The van der Waals surface area contributed by atoms with Gasteiger partial charge in [0, 0.05) is 12.0 Å². The van der Waals surface area contributed by atoms with Crippen LogP contribution in [0, 0.1) is 5.82 Å². The van der Waals surface area contributed by atoms with Crippen LogP contribution in [-0.4, -0.2) is 11.2 Å². The number of fused-ring (bicyclic) bond motifs is 1. The van der Waals surface area contributed by atoms with E-state index in [9.17, 15) is 9.50 Å². The maximum Gasteiger partial charge on any atom is 0.137 e. The maximum absolute atomic E-state index is 13.4. The molecule has 1 aromatic carbocycles. The van der Waals surface area contributed by atoms with Gasteiger partial charge in [0.2, 0.25) is 0 Å². The fraction of sp³-hybridized carbons (Fsp3) is 0.273. The molecule has 2 rings (SSSR count). The quantitative estimate of drug-likeness (QED) is 0.796. The molecular formula is C11H11FO2. The average Bonchev–Trinajstić information content (AvgIpc) is 2.49. The molecule has 0 aliphatic carbocycles. The molecule has 0 saturated carbocycles. The van der Waals surface area contributed by atoms with Crippen molar-refractivity contribution in [2.75, 3.05) is 0 Å². The SMILES string of the molecule is CC(O)Cc1coc2cccc(F)c12. The van der Waals surface area contributed by atoms with Crippen LogP contribution in [0.1, 0.15) is 12.5 Å². The van der Waals surface area contributed by atoms with Crippen LogP contribution in [0.4, 0.5) is 4.39 Å². The van der Waals surface area contributed by atoms with Crippen molar-refractivity contribution in [3.05, 3.63) is 35.8 Å². The summed E-state index contributed by atoms with van der Waals surface area (Å²) in [6.45, 7) is 1.67. The third kappa shape index (κ3) is 1.51. The normalized spacial score (nSPS) is 13.4. The monoisotopic (exact) mass is 194 g/mol. The lowest BCUT2D eigenvalue weighted by atomic mass is 10.1. The van der Waals surface area contributed by atoms with Crippen LogP contribution in [0.2, 0.25) is 0 Å². The minimum atomic E-state index is -0.490. The van der Waals surface area contributed by atoms with Crippen molar-refractivity contribution in [2.45, 2.75) is 19.4 Å². The summed E-state index contributed by atoms with van der Waals surface area (Å²) in [6, 6.07) is 4.71. The predicted octanol–water partition coefficient (Wildman–Crippen LogP) is 2.50. The largest absolute Gasteiger partial charge is 0.464 e. The highest BCUT2D eigenvalue weighted by Gasteiger charge is 2.11. The number of aliphatic hydroxyl groups is 1. The van der Waals surface area contributed by atoms with Crippen molar-refractivity contribution >= 4 is 11.0 Å². The summed E-state index contributed by atoms with van der Waals surface area (Å²) in [5.41, 5.74) is 1.24. The van der Waals surface area contributed by atoms with Gasteiger partial charge in [0.25, 0.3) is 0 Å². The third-order valence-corrected chi connectivity index (χ3v) is 2.14. The molecule has 1 N–H and O–H groups in total. The number of benzene rings is 1. The molecule has 0 radical (unpaired) electrons. The molecule has 74 valence electrons. The molecule has 0 bridgehead atoms. The van der Waals surface area contributed by atoms with Gasteiger partial charge in [0.05, 0.1) is 17.8 Å². The van der Waals surface area contributed by atoms with Crippen LogP contribution >= 0.6 is 0 Å². The van der Waals surface area contributed by atoms with Crippen LogP contribution in [0.3, 0.4) is 0 Å². The molecule has 0 aliphatic heterocycles. The Kier molecular flexibility index (Phi) is 2.25. The molecular weight excluding hydrogens is 183 g/mol. The second-order valence-corrected chi connectivity index (χ2v) is 3.43. The summed E-state index contributed by atoms with van der Waals surface area (Å²) in [7, 11) is 0. The minimum absolute atomic E-state index is 0.299. The van der Waals surface area contributed by atoms with Crippen LogP contribution in [0.15, 0.2) is 28.9 Å². The number of aliphatic hydroxyl groups excluding tert-OH is 1. The molecule has 0 aliphatic rings. The fourth-order valence-electron chi connectivity index (χ4n) is 1.58. The lowest BCUT2D eigenvalue weighted by Gasteiger charge is -2.01. The number of hydrogen-bond donors (Lipinski definition) is 1. The Balaban J connectivity index is 2.55. The fourth-order valence-corrected chi connectivity index (χ4v) is 1.58. The van der Waals surface area contributed by atoms with Gasteiger partial charge < -0.3 is 9.52 Å². The van der Waals surface area contributed by atoms with E-state index < -0.39 is 6.10 Å². The lowest BCUT2D eigenvalue weighted by Crippen LogP contribution is -2.03. The summed E-state index contributed by atoms with van der Waals surface area (Å²) >= 11 is 0. The molecule has 1 aromatic heterocycles. The first-order chi connectivity index (χ1) is 6.68. The molecule has 0 saturated heterocycles. The summed E-state index contributed by atoms with van der Waals surface area (Å²) in [6.07, 6.45) is 1.42. The first-order valence-electron chi connectivity index (χ1n) is 4.51. The maximum atomic E-state index is 13.4. The topological polar surface area (TPSA) is 33.4 Å². The van der Waals surface area contributed by atoms with Crippen molar-refractivity contribution in [1.29, 1.82) is 0 Å². The van der Waals surface area contributed by atoms with E-state index in [2.05, 4.69) is 0 Å². The van der Waals surface area contributed by atoms with E-state index in [0.717, 1.165) is 0 Å². The molecule has 1 unspecified atom stereocenters. The van der Waals surface area contributed by atoms with E-state index >= 15 is 0 Å². The highest BCUT2D eigenvalue weighted by molar-refractivity contribution is 5.81. The van der Waals surface area contributed by atoms with Gasteiger partial charge >= 0.3 is 0 Å². The van der Waals surface area contributed by atoms with E-state index in [-0.39, 0.29) is 5.82 Å². The number of hydrogen-bond acceptors (Lipinski definition) is 2. The number of halogens is 1. The van der Waals surface area contributed by atoms with Gasteiger partial charge in [0.15, 0.2) is 0 Å². The van der Waals surface area contributed by atoms with Gasteiger partial charge in [-0.2, -0.15) is 0 Å². The zero-order valence-electron chi connectivity index (χ0n) is 7.83. The van der Waals surface area contributed by atoms with E-state index in [1.807, 2.05) is 0 Å². The summed E-state index contributed by atoms with van der Waals surface area (Å²) < 4.78 is 18.6. The molecule has 14 heavy (non-hydrogen) atoms. The summed E-state index contributed by atoms with van der Waals surface area (Å²) in [5, 5.41) is 9.69. The molecule has 1 atom stereocenters. The molecule has 3 heteroatoms. The number of furan rings is 1. The third-order valence-electron chi connectivity index (χ3n) is 2.14. The highest BCUT2D eigenvalue weighted by atomic mass is 19.1. The van der Waals surface area contributed by atoms with Gasteiger partial charge in [0.1, 0.15) is 11.4 Å². The molecule has 0 spiro atoms. The Hall–Kier alpha value is -1.35. The zero-order chi connectivity index (χ0) is 10.1. The van der Waals surface area contributed by atoms with Crippen molar-refractivity contribution in [2.24, 2.45) is 0 Å². The lowest BCUT2D eigenvalue weighted by molar-refractivity contribution is 0.195. The van der Waals surface area contributed by atoms with Gasteiger partial charge in [-0.15, -0.1) is 0 Å². The van der Waals surface area contributed by atoms with Gasteiger partial charge in [-0.05, 0) is 19.1 Å². The minimum Gasteiger partial charge on any atom is -0.464 e. The first-order valence-corrected chi connectivity index (χ1v) is 4.51. The summed E-state index contributed by atoms with van der Waals surface area (Å²) in [4.78, 5) is 0. The average molecular weight is 194 g/mol. The van der Waals surface area contributed by atoms with Crippen molar-refractivity contribution < 1.29 is 13.9 Å². The Bertz CT molecular complexity index is 445. The second-order valence-electron chi connectivity index (χ2n) is 3.43. The van der Waals surface area contributed by atoms with Gasteiger partial charge in [-0.3, -0.25) is 0 Å². The first kappa shape index (κ1) is 9.21. The molecule has 2 nitrogen and oxygen atoms in total. The Labute approximate surface area is 81.0 Å². The van der Waals surface area contributed by atoms with Crippen molar-refractivity contribution in [1.82, 2.24) is 0 Å². The van der Waals surface area contributed by atoms with E-state index in [4.69, 9.17) is 4.42 Å². The van der Waals surface area contributed by atoms with E-state index in [1.54, 1.807) is 19.1 Å². The second kappa shape index (κ2) is 3.42. The Morgan fingerprint density at radius 3 is 3.00 bits per heavy atom. The molecule has 2 aromatic rings. The molecule has 0 fully saturated rings. The van der Waals surface area contributed by atoms with Crippen LogP contribution in [0.25, 0.3) is 11.0 Å². The van der Waals surface area contributed by atoms with E-state index in [1.165, 1.54) is 12.3 Å². The van der Waals surface area contributed by atoms with Gasteiger partial charge in [-0.25, -0.2) is 4.39 Å². The van der Waals surface area contributed by atoms with Crippen LogP contribution < -0.4 is 0 Å². The summed E-state index contributed by atoms with van der Waals surface area (Å²) in [5.74, 6) is -0.299. The van der Waals surface area contributed by atoms with Crippen molar-refractivity contribution in [3.8, 4) is 0 Å². The highest BCUT2D eigenvalue weighted by Crippen LogP contribution is 2.24. The Morgan fingerprint density at radius 1 is 1.50 bits per heavy atom. The molecule has 1 heterocycles. The van der Waals surface area contributed by atoms with Crippen LogP contribution in [0.5, 0.6) is 0 Å². The van der Waals surface area contributed by atoms with Crippen LogP contribution in [-0.2, 0) is 6.42 Å². The smallest absolute Gasteiger partial charge is 0.137 e. The zero-order valence-corrected chi connectivity index (χ0v) is 7.83. The number of rotatable bonds is 2. The Morgan fingerprint density at radius 2 is 2.29 bits per heavy atom.